The second-order valence-electron chi connectivity index (χ2n) is 3.48. The number of hydrogen-bond acceptors (Lipinski definition) is 3. The van der Waals surface area contributed by atoms with Gasteiger partial charge in [-0.3, -0.25) is 4.79 Å². The van der Waals surface area contributed by atoms with Crippen LogP contribution in [0, 0.1) is 0 Å². The van der Waals surface area contributed by atoms with E-state index in [1.165, 1.54) is 0 Å². The minimum atomic E-state index is -5.12. The number of aromatic hydroxyl groups is 1. The van der Waals surface area contributed by atoms with Gasteiger partial charge in [-0.15, -0.1) is 0 Å². The van der Waals surface area contributed by atoms with Crippen molar-refractivity contribution in [2.24, 2.45) is 0 Å². The summed E-state index contributed by atoms with van der Waals surface area (Å²) in [5.74, 6) is -2.06. The van der Waals surface area contributed by atoms with Crippen molar-refractivity contribution >= 4 is 5.97 Å². The zero-order chi connectivity index (χ0) is 13.3. The van der Waals surface area contributed by atoms with Gasteiger partial charge in [0.05, 0.1) is 6.42 Å². The monoisotopic (exact) mass is 250 g/mol. The van der Waals surface area contributed by atoms with Gasteiger partial charge < -0.3 is 15.3 Å². The fourth-order valence-corrected chi connectivity index (χ4v) is 1.32. The number of rotatable bonds is 3. The predicted molar refractivity (Wildman–Crippen MR) is 50.3 cm³/mol. The normalized spacial score (nSPS) is 15.3. The molecule has 0 aliphatic rings. The molecule has 1 atom stereocenters. The Balaban J connectivity index is 3.24. The summed E-state index contributed by atoms with van der Waals surface area (Å²) in [6.45, 7) is 0. The smallest absolute Gasteiger partial charge is 0.422 e. The van der Waals surface area contributed by atoms with Gasteiger partial charge in [0.1, 0.15) is 5.75 Å². The first-order valence-electron chi connectivity index (χ1n) is 4.47. The fraction of sp³-hybridized carbons (Fsp3) is 0.300. The van der Waals surface area contributed by atoms with Crippen molar-refractivity contribution in [3.8, 4) is 5.75 Å². The first kappa shape index (κ1) is 13.3. The number of benzene rings is 1. The van der Waals surface area contributed by atoms with Crippen molar-refractivity contribution in [1.82, 2.24) is 0 Å². The van der Waals surface area contributed by atoms with E-state index in [0.717, 1.165) is 24.3 Å². The van der Waals surface area contributed by atoms with Gasteiger partial charge in [-0.1, -0.05) is 12.1 Å². The molecular formula is C10H9F3O4. The quantitative estimate of drug-likeness (QED) is 0.761. The highest BCUT2D eigenvalue weighted by Gasteiger charge is 2.56. The predicted octanol–water partition coefficient (Wildman–Crippen LogP) is 1.62. The number of alkyl halides is 3. The molecule has 1 unspecified atom stereocenters. The second kappa shape index (κ2) is 4.25. The van der Waals surface area contributed by atoms with Crippen LogP contribution in [0.3, 0.4) is 0 Å². The number of hydrogen-bond donors (Lipinski definition) is 3. The van der Waals surface area contributed by atoms with Crippen molar-refractivity contribution in [3.63, 3.8) is 0 Å². The number of carboxylic acids is 1. The molecule has 0 aliphatic heterocycles. The molecule has 1 aromatic rings. The molecule has 0 spiro atoms. The lowest BCUT2D eigenvalue weighted by molar-refractivity contribution is -0.269. The summed E-state index contributed by atoms with van der Waals surface area (Å²) in [7, 11) is 0. The van der Waals surface area contributed by atoms with E-state index in [0.29, 0.717) is 0 Å². The Kier molecular flexibility index (Phi) is 3.33. The zero-order valence-electron chi connectivity index (χ0n) is 8.40. The minimum absolute atomic E-state index is 0.284. The minimum Gasteiger partial charge on any atom is -0.508 e. The van der Waals surface area contributed by atoms with Crippen molar-refractivity contribution in [2.45, 2.75) is 18.2 Å². The van der Waals surface area contributed by atoms with E-state index in [-0.39, 0.29) is 5.75 Å². The lowest BCUT2D eigenvalue weighted by Gasteiger charge is -2.29. The summed E-state index contributed by atoms with van der Waals surface area (Å²) in [6.07, 6.45) is -6.62. The lowest BCUT2D eigenvalue weighted by atomic mass is 9.89. The van der Waals surface area contributed by atoms with Crippen molar-refractivity contribution in [1.29, 1.82) is 0 Å². The molecule has 0 radical (unpaired) electrons. The van der Waals surface area contributed by atoms with Gasteiger partial charge in [0.15, 0.2) is 5.60 Å². The maximum atomic E-state index is 12.7. The molecule has 1 aromatic carbocycles. The van der Waals surface area contributed by atoms with Crippen molar-refractivity contribution < 1.29 is 33.3 Å². The molecule has 0 heterocycles. The van der Waals surface area contributed by atoms with Gasteiger partial charge >= 0.3 is 12.1 Å². The van der Waals surface area contributed by atoms with Gasteiger partial charge in [-0.2, -0.15) is 13.2 Å². The van der Waals surface area contributed by atoms with E-state index >= 15 is 0 Å². The van der Waals surface area contributed by atoms with Crippen LogP contribution in [0.25, 0.3) is 0 Å². The molecule has 3 N–H and O–H groups in total. The number of carbonyl (C=O) groups is 1. The summed E-state index contributed by atoms with van der Waals surface area (Å²) in [5, 5.41) is 26.8. The van der Waals surface area contributed by atoms with E-state index in [2.05, 4.69) is 0 Å². The first-order valence-corrected chi connectivity index (χ1v) is 4.47. The maximum absolute atomic E-state index is 12.7. The molecule has 0 fully saturated rings. The van der Waals surface area contributed by atoms with Crippen LogP contribution in [-0.2, 0) is 10.4 Å². The number of phenols is 1. The fourth-order valence-electron chi connectivity index (χ4n) is 1.32. The Labute approximate surface area is 93.9 Å². The van der Waals surface area contributed by atoms with Crippen LogP contribution >= 0.6 is 0 Å². The van der Waals surface area contributed by atoms with Crippen LogP contribution in [0.15, 0.2) is 24.3 Å². The molecule has 0 aliphatic carbocycles. The van der Waals surface area contributed by atoms with Gasteiger partial charge in [0, 0.05) is 0 Å². The van der Waals surface area contributed by atoms with E-state index in [1.807, 2.05) is 0 Å². The van der Waals surface area contributed by atoms with Gasteiger partial charge in [-0.25, -0.2) is 0 Å². The summed E-state index contributed by atoms with van der Waals surface area (Å²) >= 11 is 0. The molecule has 1 rings (SSSR count). The molecule has 0 saturated carbocycles. The summed E-state index contributed by atoms with van der Waals surface area (Å²) in [4.78, 5) is 10.4. The van der Waals surface area contributed by atoms with E-state index in [9.17, 15) is 23.1 Å². The first-order chi connectivity index (χ1) is 7.67. The molecule has 0 aromatic heterocycles. The third kappa shape index (κ3) is 2.68. The molecule has 7 heteroatoms. The van der Waals surface area contributed by atoms with E-state index in [4.69, 9.17) is 10.2 Å². The van der Waals surface area contributed by atoms with Crippen LogP contribution in [0.5, 0.6) is 5.75 Å². The van der Waals surface area contributed by atoms with Crippen LogP contribution in [0.1, 0.15) is 12.0 Å². The SMILES string of the molecule is O=C(O)CC(O)(c1ccc(O)cc1)C(F)(F)F. The summed E-state index contributed by atoms with van der Waals surface area (Å²) in [5.41, 5.74) is -4.10. The average molecular weight is 250 g/mol. The topological polar surface area (TPSA) is 77.8 Å². The van der Waals surface area contributed by atoms with E-state index < -0.39 is 29.7 Å². The third-order valence-corrected chi connectivity index (χ3v) is 2.22. The van der Waals surface area contributed by atoms with Crippen molar-refractivity contribution in [3.05, 3.63) is 29.8 Å². The molecule has 0 bridgehead atoms. The number of phenolic OH excluding ortho intramolecular Hbond substituents is 1. The Hall–Kier alpha value is -1.76. The highest BCUT2D eigenvalue weighted by molar-refractivity contribution is 5.69. The molecule has 0 saturated heterocycles. The van der Waals surface area contributed by atoms with E-state index in [1.54, 1.807) is 0 Å². The Morgan fingerprint density at radius 3 is 2.00 bits per heavy atom. The maximum Gasteiger partial charge on any atom is 0.422 e. The number of halogens is 3. The van der Waals surface area contributed by atoms with Crippen LogP contribution < -0.4 is 0 Å². The summed E-state index contributed by atoms with van der Waals surface area (Å²) in [6, 6.07) is 3.53. The lowest BCUT2D eigenvalue weighted by Crippen LogP contribution is -2.44. The number of carboxylic acid groups (broad SMARTS) is 1. The highest BCUT2D eigenvalue weighted by atomic mass is 19.4. The number of aliphatic hydroxyl groups is 1. The Bertz CT molecular complexity index is 413. The highest BCUT2D eigenvalue weighted by Crippen LogP contribution is 2.41. The Morgan fingerprint density at radius 2 is 1.65 bits per heavy atom. The molecule has 0 amide bonds. The largest absolute Gasteiger partial charge is 0.508 e. The molecule has 17 heavy (non-hydrogen) atoms. The van der Waals surface area contributed by atoms with Gasteiger partial charge in [0.25, 0.3) is 0 Å². The van der Waals surface area contributed by atoms with Gasteiger partial charge in [0.2, 0.25) is 0 Å². The molecular weight excluding hydrogens is 241 g/mol. The zero-order valence-corrected chi connectivity index (χ0v) is 8.40. The standard InChI is InChI=1S/C10H9F3O4/c11-10(12,13)9(17,5-8(15)16)6-1-3-7(14)4-2-6/h1-4,14,17H,5H2,(H,15,16). The molecule has 4 nitrogen and oxygen atoms in total. The third-order valence-electron chi connectivity index (χ3n) is 2.22. The van der Waals surface area contributed by atoms with Crippen molar-refractivity contribution in [2.75, 3.05) is 0 Å². The van der Waals surface area contributed by atoms with Crippen LogP contribution in [0.4, 0.5) is 13.2 Å². The second-order valence-corrected chi connectivity index (χ2v) is 3.48. The average Bonchev–Trinajstić information content (AvgIpc) is 2.15. The summed E-state index contributed by atoms with van der Waals surface area (Å²) < 4.78 is 38.0. The Morgan fingerprint density at radius 1 is 1.18 bits per heavy atom. The van der Waals surface area contributed by atoms with Gasteiger partial charge in [-0.05, 0) is 17.7 Å². The van der Waals surface area contributed by atoms with Crippen LogP contribution in [0.2, 0.25) is 0 Å². The molecule has 94 valence electrons. The number of aliphatic carboxylic acids is 1. The van der Waals surface area contributed by atoms with Crippen LogP contribution in [-0.4, -0.2) is 27.5 Å².